The molecule has 0 aliphatic rings. The van der Waals surface area contributed by atoms with Crippen molar-refractivity contribution in [3.63, 3.8) is 0 Å². The Morgan fingerprint density at radius 1 is 1.28 bits per heavy atom. The van der Waals surface area contributed by atoms with Gasteiger partial charge in [-0.05, 0) is 36.8 Å². The predicted molar refractivity (Wildman–Crippen MR) is 95.8 cm³/mol. The summed E-state index contributed by atoms with van der Waals surface area (Å²) in [6.45, 7) is 1.65. The Bertz CT molecular complexity index is 979. The maximum atomic E-state index is 11.9. The molecular formula is C18H16ClN3O3. The van der Waals surface area contributed by atoms with E-state index in [-0.39, 0.29) is 18.2 Å². The summed E-state index contributed by atoms with van der Waals surface area (Å²) in [5.41, 5.74) is 1.86. The molecule has 6 nitrogen and oxygen atoms in total. The molecule has 0 saturated carbocycles. The van der Waals surface area contributed by atoms with Gasteiger partial charge in [-0.2, -0.15) is 0 Å². The normalized spacial score (nSPS) is 11.3. The van der Waals surface area contributed by atoms with E-state index in [9.17, 15) is 9.90 Å². The first-order valence-corrected chi connectivity index (χ1v) is 7.95. The monoisotopic (exact) mass is 357 g/mol. The summed E-state index contributed by atoms with van der Waals surface area (Å²) >= 11 is 6.00. The first-order valence-electron chi connectivity index (χ1n) is 7.57. The van der Waals surface area contributed by atoms with Gasteiger partial charge in [0.15, 0.2) is 12.3 Å². The van der Waals surface area contributed by atoms with Crippen molar-refractivity contribution >= 4 is 34.1 Å². The maximum absolute atomic E-state index is 11.9. The molecule has 0 aliphatic heterocycles. The molecule has 0 unspecified atom stereocenters. The molecule has 1 N–H and O–H groups in total. The molecule has 7 heteroatoms. The molecule has 0 aliphatic carbocycles. The second-order valence-electron chi connectivity index (χ2n) is 5.54. The third-order valence-electron chi connectivity index (χ3n) is 3.81. The van der Waals surface area contributed by atoms with E-state index in [1.165, 1.54) is 0 Å². The summed E-state index contributed by atoms with van der Waals surface area (Å²) in [5, 5.41) is 18.8. The average molecular weight is 358 g/mol. The molecule has 1 heterocycles. The fourth-order valence-electron chi connectivity index (χ4n) is 2.47. The molecular weight excluding hydrogens is 342 g/mol. The number of aromatic nitrogens is 1. The highest BCUT2D eigenvalue weighted by Gasteiger charge is 2.15. The number of hydrogen-bond donors (Lipinski definition) is 1. The van der Waals surface area contributed by atoms with Gasteiger partial charge in [-0.25, -0.2) is 0 Å². The van der Waals surface area contributed by atoms with E-state index in [0.717, 1.165) is 11.1 Å². The van der Waals surface area contributed by atoms with Crippen LogP contribution in [0.2, 0.25) is 5.02 Å². The van der Waals surface area contributed by atoms with Gasteiger partial charge in [0.2, 0.25) is 5.88 Å². The molecule has 1 amide bonds. The molecule has 0 bridgehead atoms. The highest BCUT2D eigenvalue weighted by molar-refractivity contribution is 6.31. The van der Waals surface area contributed by atoms with Crippen LogP contribution in [0.25, 0.3) is 10.9 Å². The van der Waals surface area contributed by atoms with Gasteiger partial charge in [-0.1, -0.05) is 29.8 Å². The van der Waals surface area contributed by atoms with Crippen molar-refractivity contribution in [2.24, 2.45) is 17.3 Å². The highest BCUT2D eigenvalue weighted by atomic mass is 35.5. The Kier molecular flexibility index (Phi) is 4.72. The van der Waals surface area contributed by atoms with Crippen LogP contribution in [0.4, 0.5) is 5.69 Å². The van der Waals surface area contributed by atoms with Crippen LogP contribution in [0.3, 0.4) is 0 Å². The number of carbonyl (C=O) groups is 1. The van der Waals surface area contributed by atoms with E-state index in [4.69, 9.17) is 16.3 Å². The Morgan fingerprint density at radius 3 is 2.80 bits per heavy atom. The number of hydrogen-bond acceptors (Lipinski definition) is 4. The first kappa shape index (κ1) is 17.0. The predicted octanol–water partition coefficient (Wildman–Crippen LogP) is 4.54. The first-order chi connectivity index (χ1) is 12.0. The second kappa shape index (κ2) is 6.94. The van der Waals surface area contributed by atoms with Crippen molar-refractivity contribution in [3.8, 4) is 11.6 Å². The largest absolute Gasteiger partial charge is 0.493 e. The van der Waals surface area contributed by atoms with Crippen molar-refractivity contribution in [3.05, 3.63) is 53.1 Å². The molecule has 0 saturated heterocycles. The van der Waals surface area contributed by atoms with Crippen molar-refractivity contribution in [1.82, 2.24) is 4.57 Å². The lowest BCUT2D eigenvalue weighted by molar-refractivity contribution is -0.120. The molecule has 0 spiro atoms. The SMILES string of the molecule is Cc1ccccc1OCC(=O)N=Nc1c(O)n(C)c2ccc(Cl)cc12. The van der Waals surface area contributed by atoms with E-state index in [1.54, 1.807) is 35.9 Å². The van der Waals surface area contributed by atoms with E-state index in [0.29, 0.717) is 16.2 Å². The zero-order valence-electron chi connectivity index (χ0n) is 13.7. The number of nitrogens with zero attached hydrogens (tertiary/aromatic N) is 3. The smallest absolute Gasteiger partial charge is 0.302 e. The second-order valence-corrected chi connectivity index (χ2v) is 5.98. The lowest BCUT2D eigenvalue weighted by Gasteiger charge is -2.05. The highest BCUT2D eigenvalue weighted by Crippen LogP contribution is 2.39. The van der Waals surface area contributed by atoms with Crippen LogP contribution >= 0.6 is 11.6 Å². The quantitative estimate of drug-likeness (QED) is 0.696. The minimum absolute atomic E-state index is 0.0892. The Labute approximate surface area is 149 Å². The lowest BCUT2D eigenvalue weighted by Crippen LogP contribution is -2.08. The van der Waals surface area contributed by atoms with Crippen LogP contribution in [0.15, 0.2) is 52.7 Å². The fourth-order valence-corrected chi connectivity index (χ4v) is 2.65. The topological polar surface area (TPSA) is 76.2 Å². The summed E-state index contributed by atoms with van der Waals surface area (Å²) in [6.07, 6.45) is 0. The third kappa shape index (κ3) is 3.49. The molecule has 128 valence electrons. The zero-order chi connectivity index (χ0) is 18.0. The Morgan fingerprint density at radius 2 is 2.04 bits per heavy atom. The van der Waals surface area contributed by atoms with Gasteiger partial charge in [0.05, 0.1) is 5.52 Å². The van der Waals surface area contributed by atoms with Crippen molar-refractivity contribution < 1.29 is 14.6 Å². The van der Waals surface area contributed by atoms with Crippen LogP contribution in [0.1, 0.15) is 5.56 Å². The van der Waals surface area contributed by atoms with Gasteiger partial charge in [0.25, 0.3) is 0 Å². The minimum atomic E-state index is -0.554. The van der Waals surface area contributed by atoms with Crippen molar-refractivity contribution in [2.45, 2.75) is 6.92 Å². The Balaban J connectivity index is 1.79. The number of azo groups is 1. The van der Waals surface area contributed by atoms with Gasteiger partial charge in [0.1, 0.15) is 5.75 Å². The number of rotatable bonds is 4. The number of amides is 1. The molecule has 3 aromatic rings. The molecule has 0 atom stereocenters. The van der Waals surface area contributed by atoms with Crippen LogP contribution < -0.4 is 4.74 Å². The number of aromatic hydroxyl groups is 1. The van der Waals surface area contributed by atoms with Crippen LogP contribution in [0, 0.1) is 6.92 Å². The number of ether oxygens (including phenoxy) is 1. The molecule has 0 radical (unpaired) electrons. The molecule has 25 heavy (non-hydrogen) atoms. The molecule has 2 aromatic carbocycles. The van der Waals surface area contributed by atoms with Gasteiger partial charge in [-0.3, -0.25) is 4.79 Å². The molecule has 3 rings (SSSR count). The van der Waals surface area contributed by atoms with Gasteiger partial charge in [-0.15, -0.1) is 10.2 Å². The fraction of sp³-hybridized carbons (Fsp3) is 0.167. The minimum Gasteiger partial charge on any atom is -0.493 e. The van der Waals surface area contributed by atoms with Crippen LogP contribution in [-0.2, 0) is 11.8 Å². The van der Waals surface area contributed by atoms with Gasteiger partial charge >= 0.3 is 5.91 Å². The summed E-state index contributed by atoms with van der Waals surface area (Å²) in [6, 6.07) is 12.5. The number of para-hydroxylation sites is 1. The van der Waals surface area contributed by atoms with Crippen LogP contribution in [0.5, 0.6) is 11.6 Å². The zero-order valence-corrected chi connectivity index (χ0v) is 14.5. The van der Waals surface area contributed by atoms with E-state index in [1.807, 2.05) is 25.1 Å². The van der Waals surface area contributed by atoms with E-state index in [2.05, 4.69) is 10.2 Å². The number of halogens is 1. The summed E-state index contributed by atoms with van der Waals surface area (Å²) < 4.78 is 6.99. The number of carbonyl (C=O) groups excluding carboxylic acids is 1. The summed E-state index contributed by atoms with van der Waals surface area (Å²) in [7, 11) is 1.69. The lowest BCUT2D eigenvalue weighted by atomic mass is 10.2. The average Bonchev–Trinajstić information content (AvgIpc) is 2.83. The summed E-state index contributed by atoms with van der Waals surface area (Å²) in [5.74, 6) is -0.0267. The standard InChI is InChI=1S/C18H16ClN3O3/c1-11-5-3-4-6-15(11)25-10-16(23)20-21-17-13-9-12(19)7-8-14(13)22(2)18(17)24/h3-9,24H,10H2,1-2H3. The van der Waals surface area contributed by atoms with Gasteiger partial charge in [0, 0.05) is 17.5 Å². The van der Waals surface area contributed by atoms with E-state index < -0.39 is 5.91 Å². The van der Waals surface area contributed by atoms with E-state index >= 15 is 0 Å². The van der Waals surface area contributed by atoms with Crippen molar-refractivity contribution in [1.29, 1.82) is 0 Å². The van der Waals surface area contributed by atoms with Crippen LogP contribution in [-0.4, -0.2) is 22.2 Å². The number of aryl methyl sites for hydroxylation is 2. The molecule has 0 fully saturated rings. The Hall–Kier alpha value is -2.86. The number of fused-ring (bicyclic) bond motifs is 1. The van der Waals surface area contributed by atoms with Crippen molar-refractivity contribution in [2.75, 3.05) is 6.61 Å². The maximum Gasteiger partial charge on any atom is 0.302 e. The third-order valence-corrected chi connectivity index (χ3v) is 4.05. The molecule has 1 aromatic heterocycles. The van der Waals surface area contributed by atoms with Gasteiger partial charge < -0.3 is 14.4 Å². The summed E-state index contributed by atoms with van der Waals surface area (Å²) in [4.78, 5) is 11.9. The number of benzene rings is 2.